The minimum Gasteiger partial charge on any atom is -0.496 e. The van der Waals surface area contributed by atoms with Gasteiger partial charge < -0.3 is 14.2 Å². The average Bonchev–Trinajstić information content (AvgIpc) is 3.01. The Morgan fingerprint density at radius 3 is 2.36 bits per heavy atom. The number of methoxy groups -OCH3 is 2. The van der Waals surface area contributed by atoms with Crippen molar-refractivity contribution in [1.29, 1.82) is 0 Å². The Balaban J connectivity index is 1.57. The molecule has 0 aliphatic rings. The van der Waals surface area contributed by atoms with E-state index < -0.39 is 0 Å². The van der Waals surface area contributed by atoms with Gasteiger partial charge in [0.25, 0.3) is 5.56 Å². The lowest BCUT2D eigenvalue weighted by molar-refractivity contribution is 0.284. The van der Waals surface area contributed by atoms with Gasteiger partial charge in [-0.25, -0.2) is 4.98 Å². The monoisotopic (exact) mass is 649 g/mol. The van der Waals surface area contributed by atoms with E-state index in [1.807, 2.05) is 37.3 Å². The fraction of sp³-hybridized carbons (Fsp3) is 0.206. The lowest BCUT2D eigenvalue weighted by Gasteiger charge is -2.17. The van der Waals surface area contributed by atoms with E-state index >= 15 is 0 Å². The fourth-order valence-electron chi connectivity index (χ4n) is 4.84. The molecule has 0 atom stereocenters. The van der Waals surface area contributed by atoms with Crippen LogP contribution in [0.15, 0.2) is 76.6 Å². The second-order valence-electron chi connectivity index (χ2n) is 10.4. The number of aryl methyl sites for hydroxylation is 1. The standard InChI is InChI=1S/C34H30Cl3N3O4/c1-19(2)24-16-25(20(3)12-30(24)42-4)33-39-29-9-7-6-8-23(29)34(41)40(33)38-17-22-14-28(37)32(31(15-22)43-5)44-18-21-10-11-26(35)27(36)13-21/h6-17,19H,18H2,1-5H3. The van der Waals surface area contributed by atoms with Crippen LogP contribution in [0.25, 0.3) is 22.3 Å². The molecule has 5 rings (SSSR count). The second-order valence-corrected chi connectivity index (χ2v) is 11.7. The first-order valence-corrected chi connectivity index (χ1v) is 14.9. The molecule has 0 radical (unpaired) electrons. The first-order chi connectivity index (χ1) is 21.1. The molecule has 0 aliphatic carbocycles. The van der Waals surface area contributed by atoms with Crippen LogP contribution < -0.4 is 19.8 Å². The minimum atomic E-state index is -0.303. The molecular formula is C34H30Cl3N3O4. The fourth-order valence-corrected chi connectivity index (χ4v) is 5.43. The molecule has 0 bridgehead atoms. The number of rotatable bonds is 9. The zero-order valence-electron chi connectivity index (χ0n) is 24.8. The Hall–Kier alpha value is -4.04. The molecule has 1 aromatic heterocycles. The first-order valence-electron chi connectivity index (χ1n) is 13.8. The molecule has 226 valence electrons. The molecule has 0 amide bonds. The summed E-state index contributed by atoms with van der Waals surface area (Å²) >= 11 is 18.8. The Bertz CT molecular complexity index is 1950. The van der Waals surface area contributed by atoms with Gasteiger partial charge in [0.05, 0.1) is 46.4 Å². The second kappa shape index (κ2) is 13.3. The molecule has 44 heavy (non-hydrogen) atoms. The summed E-state index contributed by atoms with van der Waals surface area (Å²) in [7, 11) is 3.17. The maximum absolute atomic E-state index is 13.8. The van der Waals surface area contributed by atoms with Gasteiger partial charge in [-0.2, -0.15) is 9.78 Å². The highest BCUT2D eigenvalue weighted by atomic mass is 35.5. The van der Waals surface area contributed by atoms with Crippen LogP contribution in [0.3, 0.4) is 0 Å². The minimum absolute atomic E-state index is 0.181. The Kier molecular flexibility index (Phi) is 9.49. The van der Waals surface area contributed by atoms with Gasteiger partial charge >= 0.3 is 0 Å². The van der Waals surface area contributed by atoms with Crippen LogP contribution in [-0.2, 0) is 6.61 Å². The quantitative estimate of drug-likeness (QED) is 0.149. The predicted octanol–water partition coefficient (Wildman–Crippen LogP) is 8.93. The van der Waals surface area contributed by atoms with Gasteiger partial charge in [-0.15, -0.1) is 0 Å². The Morgan fingerprint density at radius 2 is 1.66 bits per heavy atom. The van der Waals surface area contributed by atoms with Crippen molar-refractivity contribution in [1.82, 2.24) is 9.66 Å². The number of aromatic nitrogens is 2. The highest BCUT2D eigenvalue weighted by Gasteiger charge is 2.19. The van der Waals surface area contributed by atoms with E-state index in [1.165, 1.54) is 11.8 Å². The summed E-state index contributed by atoms with van der Waals surface area (Å²) in [5.41, 5.74) is 4.35. The zero-order valence-corrected chi connectivity index (χ0v) is 27.1. The summed E-state index contributed by atoms with van der Waals surface area (Å²) in [5, 5.41) is 6.27. The SMILES string of the molecule is COc1cc(C)c(-c2nc3ccccc3c(=O)n2N=Cc2cc(Cl)c(OCc3ccc(Cl)c(Cl)c3)c(OC)c2)cc1C(C)C. The molecule has 0 spiro atoms. The lowest BCUT2D eigenvalue weighted by atomic mass is 9.96. The van der Waals surface area contributed by atoms with Crippen molar-refractivity contribution in [2.45, 2.75) is 33.3 Å². The molecule has 0 fully saturated rings. The summed E-state index contributed by atoms with van der Waals surface area (Å²) in [6.07, 6.45) is 1.54. The molecule has 1 heterocycles. The van der Waals surface area contributed by atoms with E-state index in [0.29, 0.717) is 48.9 Å². The third kappa shape index (κ3) is 6.41. The summed E-state index contributed by atoms with van der Waals surface area (Å²) in [4.78, 5) is 18.7. The van der Waals surface area contributed by atoms with Gasteiger partial charge in [0.2, 0.25) is 0 Å². The smallest absolute Gasteiger partial charge is 0.282 e. The zero-order chi connectivity index (χ0) is 31.5. The molecule has 0 unspecified atom stereocenters. The molecule has 0 saturated carbocycles. The molecule has 10 heteroatoms. The molecule has 0 saturated heterocycles. The number of benzene rings is 4. The van der Waals surface area contributed by atoms with Gasteiger partial charge in [0, 0.05) is 5.56 Å². The molecule has 5 aromatic rings. The number of fused-ring (bicyclic) bond motifs is 1. The molecule has 4 aromatic carbocycles. The number of nitrogens with zero attached hydrogens (tertiary/aromatic N) is 3. The van der Waals surface area contributed by atoms with Gasteiger partial charge in [-0.3, -0.25) is 4.79 Å². The van der Waals surface area contributed by atoms with Crippen molar-refractivity contribution in [3.8, 4) is 28.6 Å². The van der Waals surface area contributed by atoms with Gasteiger partial charge in [0.15, 0.2) is 17.3 Å². The van der Waals surface area contributed by atoms with E-state index in [0.717, 1.165) is 28.0 Å². The van der Waals surface area contributed by atoms with E-state index in [-0.39, 0.29) is 18.1 Å². The van der Waals surface area contributed by atoms with Crippen molar-refractivity contribution in [3.63, 3.8) is 0 Å². The molecule has 0 N–H and O–H groups in total. The van der Waals surface area contributed by atoms with Crippen LogP contribution in [0.4, 0.5) is 0 Å². The average molecular weight is 651 g/mol. The predicted molar refractivity (Wildman–Crippen MR) is 179 cm³/mol. The number of hydrogen-bond acceptors (Lipinski definition) is 6. The number of halogens is 3. The highest BCUT2D eigenvalue weighted by Crippen LogP contribution is 2.37. The normalized spacial score (nSPS) is 11.5. The number of ether oxygens (including phenoxy) is 3. The van der Waals surface area contributed by atoms with Crippen molar-refractivity contribution in [3.05, 3.63) is 114 Å². The van der Waals surface area contributed by atoms with E-state index in [9.17, 15) is 4.79 Å². The van der Waals surface area contributed by atoms with Crippen molar-refractivity contribution in [2.75, 3.05) is 14.2 Å². The van der Waals surface area contributed by atoms with Crippen LogP contribution in [0.5, 0.6) is 17.2 Å². The van der Waals surface area contributed by atoms with Gasteiger partial charge in [0.1, 0.15) is 12.4 Å². The molecule has 7 nitrogen and oxygen atoms in total. The van der Waals surface area contributed by atoms with Crippen LogP contribution in [0.1, 0.15) is 42.0 Å². The van der Waals surface area contributed by atoms with Crippen LogP contribution in [0.2, 0.25) is 15.1 Å². The van der Waals surface area contributed by atoms with Crippen molar-refractivity contribution in [2.24, 2.45) is 5.10 Å². The lowest BCUT2D eigenvalue weighted by Crippen LogP contribution is -2.20. The number of para-hydroxylation sites is 1. The van der Waals surface area contributed by atoms with Crippen LogP contribution >= 0.6 is 34.8 Å². The van der Waals surface area contributed by atoms with Crippen LogP contribution in [-0.4, -0.2) is 30.1 Å². The maximum atomic E-state index is 13.8. The molecular weight excluding hydrogens is 621 g/mol. The number of hydrogen-bond donors (Lipinski definition) is 0. The topological polar surface area (TPSA) is 74.9 Å². The van der Waals surface area contributed by atoms with Crippen molar-refractivity contribution < 1.29 is 14.2 Å². The van der Waals surface area contributed by atoms with Crippen LogP contribution in [0, 0.1) is 6.92 Å². The van der Waals surface area contributed by atoms with Gasteiger partial charge in [-0.1, -0.05) is 66.8 Å². The maximum Gasteiger partial charge on any atom is 0.282 e. The Labute approximate surface area is 270 Å². The molecule has 0 aliphatic heterocycles. The van der Waals surface area contributed by atoms with Gasteiger partial charge in [-0.05, 0) is 83.6 Å². The highest BCUT2D eigenvalue weighted by molar-refractivity contribution is 6.42. The van der Waals surface area contributed by atoms with E-state index in [1.54, 1.807) is 49.7 Å². The summed E-state index contributed by atoms with van der Waals surface area (Å²) in [6.45, 7) is 6.33. The largest absolute Gasteiger partial charge is 0.496 e. The third-order valence-electron chi connectivity index (χ3n) is 7.13. The van der Waals surface area contributed by atoms with E-state index in [2.05, 4.69) is 18.9 Å². The first kappa shape index (κ1) is 31.4. The Morgan fingerprint density at radius 1 is 0.909 bits per heavy atom. The van der Waals surface area contributed by atoms with E-state index in [4.69, 9.17) is 54.0 Å². The third-order valence-corrected chi connectivity index (χ3v) is 8.15. The summed E-state index contributed by atoms with van der Waals surface area (Å²) in [5.74, 6) is 2.13. The summed E-state index contributed by atoms with van der Waals surface area (Å²) in [6, 6.07) is 19.9. The summed E-state index contributed by atoms with van der Waals surface area (Å²) < 4.78 is 18.5. The van der Waals surface area contributed by atoms with Crippen molar-refractivity contribution >= 4 is 51.9 Å².